The van der Waals surface area contributed by atoms with Gasteiger partial charge in [0.2, 0.25) is 4.75 Å². The summed E-state index contributed by atoms with van der Waals surface area (Å²) in [4.78, 5) is 26.6. The summed E-state index contributed by atoms with van der Waals surface area (Å²) < 4.78 is 10.7. The van der Waals surface area contributed by atoms with Crippen molar-refractivity contribution in [2.24, 2.45) is 17.8 Å². The van der Waals surface area contributed by atoms with Gasteiger partial charge in [-0.05, 0) is 30.2 Å². The molecule has 0 bridgehead atoms. The molecule has 1 heterocycles. The maximum absolute atomic E-state index is 13.3. The highest BCUT2D eigenvalue weighted by molar-refractivity contribution is 8.01. The molecule has 0 N–H and O–H groups in total. The number of allylic oxidation sites excluding steroid dienone is 1. The van der Waals surface area contributed by atoms with Gasteiger partial charge in [0, 0.05) is 24.5 Å². The fourth-order valence-electron chi connectivity index (χ4n) is 4.41. The molecule has 1 aromatic rings. The highest BCUT2D eigenvalue weighted by atomic mass is 32.2. The first-order chi connectivity index (χ1) is 13.3. The van der Waals surface area contributed by atoms with Crippen LogP contribution >= 0.6 is 11.8 Å². The van der Waals surface area contributed by atoms with Crippen LogP contribution in [0.3, 0.4) is 0 Å². The molecule has 0 amide bonds. The number of hydrogen-bond donors (Lipinski definition) is 0. The molecule has 2 aliphatic rings. The first-order valence-corrected chi connectivity index (χ1v) is 11.1. The molecule has 1 aromatic carbocycles. The standard InChI is InChI=1S/C23H30O4S/c1-5-13-22(28-15-18-9-7-6-8-10-18)20(24)26-23(27-21(22)25)14-17(4)11-12-19(23)16(2)3/h5-10,16-17,19H,1,11-15H2,2-4H3/t17-,19+,22?,23?/m1/s1. The van der Waals surface area contributed by atoms with Gasteiger partial charge in [0.1, 0.15) is 0 Å². The molecule has 3 rings (SSSR count). The van der Waals surface area contributed by atoms with Crippen molar-refractivity contribution in [3.8, 4) is 0 Å². The summed E-state index contributed by atoms with van der Waals surface area (Å²) >= 11 is 1.28. The first kappa shape index (κ1) is 21.0. The van der Waals surface area contributed by atoms with Gasteiger partial charge in [0.05, 0.1) is 0 Å². The number of thioether (sulfide) groups is 1. The fourth-order valence-corrected chi connectivity index (χ4v) is 5.57. The van der Waals surface area contributed by atoms with E-state index >= 15 is 0 Å². The SMILES string of the molecule is C=CCC1(SCc2ccccc2)C(=O)OC2(C[C@H](C)CC[C@H]2C(C)C)OC1=O. The fraction of sp³-hybridized carbons (Fsp3) is 0.565. The van der Waals surface area contributed by atoms with Gasteiger partial charge in [0.15, 0.2) is 0 Å². The van der Waals surface area contributed by atoms with Crippen molar-refractivity contribution in [2.75, 3.05) is 0 Å². The van der Waals surface area contributed by atoms with Crippen LogP contribution in [0.15, 0.2) is 43.0 Å². The molecular formula is C23H30O4S. The molecule has 5 heteroatoms. The lowest BCUT2D eigenvalue weighted by molar-refractivity contribution is -0.285. The maximum Gasteiger partial charge on any atom is 0.337 e. The minimum absolute atomic E-state index is 0.0254. The monoisotopic (exact) mass is 402 g/mol. The lowest BCUT2D eigenvalue weighted by Gasteiger charge is -2.50. The molecule has 0 unspecified atom stereocenters. The Labute approximate surface area is 172 Å². The van der Waals surface area contributed by atoms with E-state index in [1.54, 1.807) is 6.08 Å². The summed E-state index contributed by atoms with van der Waals surface area (Å²) in [5, 5.41) is 0. The summed E-state index contributed by atoms with van der Waals surface area (Å²) in [6.45, 7) is 10.1. The normalized spacial score (nSPS) is 32.9. The Balaban J connectivity index is 1.87. The van der Waals surface area contributed by atoms with Crippen LogP contribution in [0.5, 0.6) is 0 Å². The molecule has 28 heavy (non-hydrogen) atoms. The summed E-state index contributed by atoms with van der Waals surface area (Å²) in [5.41, 5.74) is 1.04. The van der Waals surface area contributed by atoms with E-state index < -0.39 is 22.5 Å². The summed E-state index contributed by atoms with van der Waals surface area (Å²) in [6.07, 6.45) is 4.31. The van der Waals surface area contributed by atoms with Crippen molar-refractivity contribution >= 4 is 23.7 Å². The predicted octanol–water partition coefficient (Wildman–Crippen LogP) is 5.12. The number of carbonyl (C=O) groups is 2. The largest absolute Gasteiger partial charge is 0.421 e. The molecule has 1 spiro atoms. The molecule has 2 fully saturated rings. The minimum Gasteiger partial charge on any atom is -0.421 e. The predicted molar refractivity (Wildman–Crippen MR) is 112 cm³/mol. The van der Waals surface area contributed by atoms with Gasteiger partial charge in [-0.1, -0.05) is 57.2 Å². The first-order valence-electron chi connectivity index (χ1n) is 10.1. The van der Waals surface area contributed by atoms with Crippen molar-refractivity contribution in [2.45, 2.75) is 62.7 Å². The molecule has 1 saturated heterocycles. The van der Waals surface area contributed by atoms with E-state index in [2.05, 4.69) is 27.4 Å². The smallest absolute Gasteiger partial charge is 0.337 e. The topological polar surface area (TPSA) is 52.6 Å². The molecule has 0 aromatic heterocycles. The molecule has 4 nitrogen and oxygen atoms in total. The Kier molecular flexibility index (Phi) is 6.23. The second kappa shape index (κ2) is 8.32. The van der Waals surface area contributed by atoms with Crippen LogP contribution < -0.4 is 0 Å². The Hall–Kier alpha value is -1.75. The van der Waals surface area contributed by atoms with E-state index in [9.17, 15) is 9.59 Å². The van der Waals surface area contributed by atoms with Gasteiger partial charge in [-0.25, -0.2) is 9.59 Å². The average molecular weight is 403 g/mol. The molecular weight excluding hydrogens is 372 g/mol. The van der Waals surface area contributed by atoms with Gasteiger partial charge in [-0.3, -0.25) is 0 Å². The second-order valence-electron chi connectivity index (χ2n) is 8.42. The van der Waals surface area contributed by atoms with Crippen LogP contribution in [-0.2, 0) is 24.8 Å². The number of esters is 2. The zero-order valence-corrected chi connectivity index (χ0v) is 17.8. The number of rotatable bonds is 6. The molecule has 2 atom stereocenters. The van der Waals surface area contributed by atoms with Gasteiger partial charge in [-0.15, -0.1) is 18.3 Å². The van der Waals surface area contributed by atoms with E-state index in [0.717, 1.165) is 18.4 Å². The van der Waals surface area contributed by atoms with E-state index in [0.29, 0.717) is 18.1 Å². The zero-order chi connectivity index (χ0) is 20.4. The van der Waals surface area contributed by atoms with Gasteiger partial charge in [0.25, 0.3) is 5.79 Å². The van der Waals surface area contributed by atoms with Crippen molar-refractivity contribution in [3.05, 3.63) is 48.6 Å². The van der Waals surface area contributed by atoms with Crippen LogP contribution in [-0.4, -0.2) is 22.5 Å². The van der Waals surface area contributed by atoms with Crippen LogP contribution in [0.2, 0.25) is 0 Å². The highest BCUT2D eigenvalue weighted by Gasteiger charge is 2.62. The molecule has 1 aliphatic carbocycles. The molecule has 0 radical (unpaired) electrons. The summed E-state index contributed by atoms with van der Waals surface area (Å²) in [7, 11) is 0. The van der Waals surface area contributed by atoms with E-state index in [1.807, 2.05) is 30.3 Å². The van der Waals surface area contributed by atoms with Crippen molar-refractivity contribution in [1.82, 2.24) is 0 Å². The molecule has 1 saturated carbocycles. The second-order valence-corrected chi connectivity index (χ2v) is 9.70. The van der Waals surface area contributed by atoms with E-state index in [-0.39, 0.29) is 18.3 Å². The van der Waals surface area contributed by atoms with E-state index in [4.69, 9.17) is 9.47 Å². The Morgan fingerprint density at radius 2 is 1.82 bits per heavy atom. The van der Waals surface area contributed by atoms with Gasteiger partial charge >= 0.3 is 11.9 Å². The Bertz CT molecular complexity index is 709. The number of ether oxygens (including phenoxy) is 2. The number of hydrogen-bond acceptors (Lipinski definition) is 5. The maximum atomic E-state index is 13.3. The van der Waals surface area contributed by atoms with Crippen LogP contribution in [0.25, 0.3) is 0 Å². The molecule has 152 valence electrons. The Morgan fingerprint density at radius 1 is 1.18 bits per heavy atom. The third kappa shape index (κ3) is 3.86. The number of carbonyl (C=O) groups excluding carboxylic acids is 2. The van der Waals surface area contributed by atoms with Crippen LogP contribution in [0.4, 0.5) is 0 Å². The molecule has 1 aliphatic heterocycles. The van der Waals surface area contributed by atoms with Crippen LogP contribution in [0, 0.1) is 17.8 Å². The highest BCUT2D eigenvalue weighted by Crippen LogP contribution is 2.50. The number of benzene rings is 1. The lowest BCUT2D eigenvalue weighted by Crippen LogP contribution is -2.63. The summed E-state index contributed by atoms with van der Waals surface area (Å²) in [5.74, 6) is -0.934. The van der Waals surface area contributed by atoms with Crippen molar-refractivity contribution in [1.29, 1.82) is 0 Å². The van der Waals surface area contributed by atoms with Gasteiger partial charge < -0.3 is 9.47 Å². The van der Waals surface area contributed by atoms with Crippen molar-refractivity contribution in [3.63, 3.8) is 0 Å². The minimum atomic E-state index is -1.38. The Morgan fingerprint density at radius 3 is 2.39 bits per heavy atom. The quantitative estimate of drug-likeness (QED) is 0.375. The van der Waals surface area contributed by atoms with Gasteiger partial charge in [-0.2, -0.15) is 0 Å². The zero-order valence-electron chi connectivity index (χ0n) is 17.0. The average Bonchev–Trinajstić information content (AvgIpc) is 2.64. The van der Waals surface area contributed by atoms with E-state index in [1.165, 1.54) is 11.8 Å². The third-order valence-electron chi connectivity index (χ3n) is 5.92. The van der Waals surface area contributed by atoms with Crippen molar-refractivity contribution < 1.29 is 19.1 Å². The third-order valence-corrected chi connectivity index (χ3v) is 7.39. The van der Waals surface area contributed by atoms with Crippen LogP contribution in [0.1, 0.15) is 52.0 Å². The summed E-state index contributed by atoms with van der Waals surface area (Å²) in [6, 6.07) is 9.79. The lowest BCUT2D eigenvalue weighted by atomic mass is 9.72.